The average molecular weight is 370 g/mol. The maximum Gasteiger partial charge on any atom is 0.151 e. The van der Waals surface area contributed by atoms with E-state index < -0.39 is 0 Å². The normalized spacial score (nSPS) is 17.6. The predicted octanol–water partition coefficient (Wildman–Crippen LogP) is 3.34. The van der Waals surface area contributed by atoms with E-state index in [2.05, 4.69) is 73.5 Å². The monoisotopic (exact) mass is 369 g/mol. The van der Waals surface area contributed by atoms with Gasteiger partial charge in [-0.05, 0) is 44.9 Å². The fourth-order valence-electron chi connectivity index (χ4n) is 3.78. The Hall–Kier alpha value is -1.72. The molecule has 0 unspecified atom stereocenters. The molecule has 0 bridgehead atoms. The summed E-state index contributed by atoms with van der Waals surface area (Å²) in [5.74, 6) is 2.63. The highest BCUT2D eigenvalue weighted by Gasteiger charge is 2.21. The van der Waals surface area contributed by atoms with Crippen LogP contribution in [0.4, 0.5) is 0 Å². The zero-order valence-electron chi connectivity index (χ0n) is 17.6. The molecule has 2 heterocycles. The molecule has 5 heteroatoms. The van der Waals surface area contributed by atoms with Crippen molar-refractivity contribution < 1.29 is 0 Å². The van der Waals surface area contributed by atoms with Crippen LogP contribution in [0.1, 0.15) is 44.4 Å². The third-order valence-electron chi connectivity index (χ3n) is 5.60. The molecule has 1 aliphatic rings. The third-order valence-corrected chi connectivity index (χ3v) is 5.60. The van der Waals surface area contributed by atoms with Gasteiger partial charge in [-0.2, -0.15) is 5.10 Å². The van der Waals surface area contributed by atoms with E-state index in [4.69, 9.17) is 10.1 Å². The number of hydrogen-bond acceptors (Lipinski definition) is 4. The molecular weight excluding hydrogens is 334 g/mol. The van der Waals surface area contributed by atoms with Crippen molar-refractivity contribution in [1.82, 2.24) is 24.6 Å². The lowest BCUT2D eigenvalue weighted by atomic mass is 10.1. The van der Waals surface area contributed by atoms with Crippen molar-refractivity contribution in [3.8, 4) is 5.69 Å². The Labute approximate surface area is 164 Å². The molecule has 3 rings (SSSR count). The van der Waals surface area contributed by atoms with Crippen LogP contribution in [0.3, 0.4) is 0 Å². The van der Waals surface area contributed by atoms with Crippen molar-refractivity contribution in [3.63, 3.8) is 0 Å². The highest BCUT2D eigenvalue weighted by atomic mass is 15.4. The van der Waals surface area contributed by atoms with Crippen LogP contribution in [0.15, 0.2) is 24.3 Å². The van der Waals surface area contributed by atoms with Gasteiger partial charge in [-0.15, -0.1) is 0 Å². The number of benzene rings is 1. The van der Waals surface area contributed by atoms with E-state index >= 15 is 0 Å². The quantitative estimate of drug-likeness (QED) is 0.750. The van der Waals surface area contributed by atoms with Crippen LogP contribution in [0.5, 0.6) is 0 Å². The second kappa shape index (κ2) is 8.98. The summed E-state index contributed by atoms with van der Waals surface area (Å²) >= 11 is 0. The average Bonchev–Trinajstić information content (AvgIpc) is 3.02. The zero-order chi connectivity index (χ0) is 19.4. The fourth-order valence-corrected chi connectivity index (χ4v) is 3.78. The molecule has 0 spiro atoms. The highest BCUT2D eigenvalue weighted by molar-refractivity contribution is 5.39. The fraction of sp³-hybridized carbons (Fsp3) is 0.636. The van der Waals surface area contributed by atoms with Gasteiger partial charge in [0.1, 0.15) is 5.82 Å². The number of para-hydroxylation sites is 1. The lowest BCUT2D eigenvalue weighted by molar-refractivity contribution is 0.114. The Bertz CT molecular complexity index is 728. The van der Waals surface area contributed by atoms with Crippen molar-refractivity contribution in [2.24, 2.45) is 5.92 Å². The van der Waals surface area contributed by atoms with Gasteiger partial charge in [0, 0.05) is 45.1 Å². The lowest BCUT2D eigenvalue weighted by Crippen LogP contribution is -2.48. The SMILES string of the molecule is Cc1ccccc1-n1nc(CC(C)C)nc1CC[C@H](C)N1CCN(C)CC1. The maximum absolute atomic E-state index is 4.92. The highest BCUT2D eigenvalue weighted by Crippen LogP contribution is 2.18. The molecule has 148 valence electrons. The maximum atomic E-state index is 4.92. The number of piperazine rings is 1. The molecule has 0 saturated carbocycles. The molecule has 5 nitrogen and oxygen atoms in total. The Morgan fingerprint density at radius 3 is 2.41 bits per heavy atom. The van der Waals surface area contributed by atoms with Crippen molar-refractivity contribution in [1.29, 1.82) is 0 Å². The largest absolute Gasteiger partial charge is 0.304 e. The second-order valence-corrected chi connectivity index (χ2v) is 8.47. The molecule has 0 aliphatic carbocycles. The Morgan fingerprint density at radius 1 is 1.04 bits per heavy atom. The second-order valence-electron chi connectivity index (χ2n) is 8.47. The van der Waals surface area contributed by atoms with Gasteiger partial charge in [-0.25, -0.2) is 9.67 Å². The van der Waals surface area contributed by atoms with E-state index in [-0.39, 0.29) is 0 Å². The summed E-state index contributed by atoms with van der Waals surface area (Å²) < 4.78 is 2.09. The van der Waals surface area contributed by atoms with Gasteiger partial charge >= 0.3 is 0 Å². The first kappa shape index (κ1) is 20.0. The zero-order valence-corrected chi connectivity index (χ0v) is 17.6. The smallest absolute Gasteiger partial charge is 0.151 e. The van der Waals surface area contributed by atoms with Crippen LogP contribution in [-0.2, 0) is 12.8 Å². The summed E-state index contributed by atoms with van der Waals surface area (Å²) in [5, 5.41) is 4.87. The molecule has 2 aromatic rings. The van der Waals surface area contributed by atoms with E-state index in [1.54, 1.807) is 0 Å². The summed E-state index contributed by atoms with van der Waals surface area (Å²) in [5.41, 5.74) is 2.40. The van der Waals surface area contributed by atoms with E-state index in [0.29, 0.717) is 12.0 Å². The standard InChI is InChI=1S/C22H35N5/c1-17(2)16-21-23-22(27(24-21)20-9-7-6-8-18(20)3)11-10-19(4)26-14-12-25(5)13-15-26/h6-9,17,19H,10-16H2,1-5H3/t19-/m0/s1. The first-order valence-electron chi connectivity index (χ1n) is 10.4. The first-order chi connectivity index (χ1) is 12.9. The van der Waals surface area contributed by atoms with Crippen LogP contribution in [0, 0.1) is 12.8 Å². The number of hydrogen-bond donors (Lipinski definition) is 0. The molecule has 0 N–H and O–H groups in total. The summed E-state index contributed by atoms with van der Waals surface area (Å²) in [6.07, 6.45) is 3.02. The molecule has 0 radical (unpaired) electrons. The minimum absolute atomic E-state index is 0.565. The van der Waals surface area contributed by atoms with Gasteiger partial charge in [0.2, 0.25) is 0 Å². The van der Waals surface area contributed by atoms with Crippen LogP contribution in [0.2, 0.25) is 0 Å². The molecule has 0 amide bonds. The summed E-state index contributed by atoms with van der Waals surface area (Å²) in [7, 11) is 2.21. The Balaban J connectivity index is 1.75. The molecule has 1 saturated heterocycles. The lowest BCUT2D eigenvalue weighted by Gasteiger charge is -2.36. The van der Waals surface area contributed by atoms with Crippen LogP contribution >= 0.6 is 0 Å². The summed E-state index contributed by atoms with van der Waals surface area (Å²) in [6.45, 7) is 13.6. The van der Waals surface area contributed by atoms with Crippen molar-refractivity contribution in [3.05, 3.63) is 41.5 Å². The molecule has 27 heavy (non-hydrogen) atoms. The van der Waals surface area contributed by atoms with E-state index in [0.717, 1.165) is 36.6 Å². The molecular formula is C22H35N5. The summed E-state index contributed by atoms with van der Waals surface area (Å²) in [4.78, 5) is 9.95. The molecule has 1 fully saturated rings. The van der Waals surface area contributed by atoms with Crippen LogP contribution < -0.4 is 0 Å². The summed E-state index contributed by atoms with van der Waals surface area (Å²) in [6, 6.07) is 9.05. The Kier molecular flexibility index (Phi) is 6.66. The molecule has 1 aromatic carbocycles. The van der Waals surface area contributed by atoms with E-state index in [1.807, 2.05) is 0 Å². The number of aromatic nitrogens is 3. The van der Waals surface area contributed by atoms with Crippen LogP contribution in [-0.4, -0.2) is 63.8 Å². The molecule has 1 atom stereocenters. The minimum Gasteiger partial charge on any atom is -0.304 e. The van der Waals surface area contributed by atoms with Gasteiger partial charge in [0.25, 0.3) is 0 Å². The number of rotatable bonds is 7. The molecule has 1 aromatic heterocycles. The van der Waals surface area contributed by atoms with Crippen molar-refractivity contribution in [2.75, 3.05) is 33.2 Å². The number of aryl methyl sites for hydroxylation is 2. The van der Waals surface area contributed by atoms with E-state index in [1.165, 1.54) is 31.7 Å². The Morgan fingerprint density at radius 2 is 1.74 bits per heavy atom. The van der Waals surface area contributed by atoms with Gasteiger partial charge in [0.15, 0.2) is 5.82 Å². The van der Waals surface area contributed by atoms with Gasteiger partial charge in [-0.3, -0.25) is 4.90 Å². The topological polar surface area (TPSA) is 37.2 Å². The van der Waals surface area contributed by atoms with E-state index in [9.17, 15) is 0 Å². The van der Waals surface area contributed by atoms with Gasteiger partial charge in [-0.1, -0.05) is 32.0 Å². The predicted molar refractivity (Wildman–Crippen MR) is 111 cm³/mol. The minimum atomic E-state index is 0.565. The van der Waals surface area contributed by atoms with Gasteiger partial charge < -0.3 is 4.90 Å². The first-order valence-corrected chi connectivity index (χ1v) is 10.4. The van der Waals surface area contributed by atoms with Crippen molar-refractivity contribution >= 4 is 0 Å². The third kappa shape index (κ3) is 5.17. The number of likely N-dealkylation sites (N-methyl/N-ethyl adjacent to an activating group) is 1. The van der Waals surface area contributed by atoms with Crippen LogP contribution in [0.25, 0.3) is 5.69 Å². The van der Waals surface area contributed by atoms with Crippen molar-refractivity contribution in [2.45, 2.75) is 53.0 Å². The van der Waals surface area contributed by atoms with Gasteiger partial charge in [0.05, 0.1) is 5.69 Å². The molecule has 1 aliphatic heterocycles. The number of nitrogens with zero attached hydrogens (tertiary/aromatic N) is 5.